The van der Waals surface area contributed by atoms with E-state index in [9.17, 15) is 9.59 Å². The summed E-state index contributed by atoms with van der Waals surface area (Å²) in [6.07, 6.45) is 0.490. The number of Topliss-reactive ketones (excluding diaryl/α,β-unsaturated/α-hetero) is 1. The molecule has 1 aromatic rings. The number of anilines is 1. The van der Waals surface area contributed by atoms with Crippen molar-refractivity contribution in [2.24, 2.45) is 0 Å². The van der Waals surface area contributed by atoms with Crippen LogP contribution in [0.25, 0.3) is 0 Å². The van der Waals surface area contributed by atoms with Crippen LogP contribution in [0.1, 0.15) is 30.1 Å². The highest BCUT2D eigenvalue weighted by molar-refractivity contribution is 5.99. The smallest absolute Gasteiger partial charge is 0.303 e. The van der Waals surface area contributed by atoms with Crippen LogP contribution in [0.5, 0.6) is 5.75 Å². The number of ketones is 1. The fraction of sp³-hybridized carbons (Fsp3) is 0.333. The van der Waals surface area contributed by atoms with E-state index in [1.54, 1.807) is 18.2 Å². The summed E-state index contributed by atoms with van der Waals surface area (Å²) in [4.78, 5) is 21.5. The van der Waals surface area contributed by atoms with Crippen LogP contribution in [0.4, 0.5) is 5.69 Å². The molecule has 0 aromatic heterocycles. The third-order valence-corrected chi connectivity index (χ3v) is 2.21. The van der Waals surface area contributed by atoms with Gasteiger partial charge in [-0.05, 0) is 31.5 Å². The van der Waals surface area contributed by atoms with Crippen molar-refractivity contribution in [1.82, 2.24) is 0 Å². The van der Waals surface area contributed by atoms with E-state index in [-0.39, 0.29) is 12.2 Å². The first-order chi connectivity index (χ1) is 8.00. The van der Waals surface area contributed by atoms with Gasteiger partial charge in [0.25, 0.3) is 0 Å². The van der Waals surface area contributed by atoms with Gasteiger partial charge in [0.2, 0.25) is 0 Å². The lowest BCUT2D eigenvalue weighted by Crippen LogP contribution is -2.04. The number of carbonyl (C=O) groups excluding carboxylic acids is 1. The molecule has 0 amide bonds. The molecule has 0 aliphatic heterocycles. The Hall–Kier alpha value is -2.04. The molecule has 0 radical (unpaired) electrons. The molecule has 0 bridgehead atoms. The van der Waals surface area contributed by atoms with Crippen LogP contribution in [-0.4, -0.2) is 23.5 Å². The molecule has 0 fully saturated rings. The fourth-order valence-corrected chi connectivity index (χ4v) is 1.34. The molecule has 0 saturated carbocycles. The topological polar surface area (TPSA) is 89.6 Å². The molecule has 17 heavy (non-hydrogen) atoms. The number of hydrogen-bond acceptors (Lipinski definition) is 4. The highest BCUT2D eigenvalue weighted by Gasteiger charge is 2.06. The summed E-state index contributed by atoms with van der Waals surface area (Å²) < 4.78 is 5.33. The Bertz CT molecular complexity index is 429. The average molecular weight is 237 g/mol. The quantitative estimate of drug-likeness (QED) is 0.446. The minimum atomic E-state index is -0.852. The van der Waals surface area contributed by atoms with Crippen LogP contribution in [-0.2, 0) is 4.79 Å². The third kappa shape index (κ3) is 4.14. The van der Waals surface area contributed by atoms with Crippen LogP contribution in [0.15, 0.2) is 18.2 Å². The van der Waals surface area contributed by atoms with E-state index in [0.717, 1.165) is 0 Å². The number of nitrogen functional groups attached to an aromatic ring is 1. The second kappa shape index (κ2) is 5.89. The fourth-order valence-electron chi connectivity index (χ4n) is 1.34. The second-order valence-electron chi connectivity index (χ2n) is 3.65. The van der Waals surface area contributed by atoms with Crippen molar-refractivity contribution in [3.8, 4) is 5.75 Å². The average Bonchev–Trinajstić information content (AvgIpc) is 2.25. The highest BCUT2D eigenvalue weighted by Crippen LogP contribution is 2.20. The van der Waals surface area contributed by atoms with Crippen molar-refractivity contribution >= 4 is 17.4 Å². The Labute approximate surface area is 99.2 Å². The van der Waals surface area contributed by atoms with E-state index in [1.165, 1.54) is 6.92 Å². The van der Waals surface area contributed by atoms with Gasteiger partial charge < -0.3 is 15.6 Å². The summed E-state index contributed by atoms with van der Waals surface area (Å²) in [7, 11) is 0. The number of hydrogen-bond donors (Lipinski definition) is 2. The first-order valence-electron chi connectivity index (χ1n) is 5.25. The van der Waals surface area contributed by atoms with E-state index in [1.807, 2.05) is 0 Å². The van der Waals surface area contributed by atoms with E-state index in [4.69, 9.17) is 15.6 Å². The van der Waals surface area contributed by atoms with Crippen LogP contribution in [0.3, 0.4) is 0 Å². The normalized spacial score (nSPS) is 9.94. The lowest BCUT2D eigenvalue weighted by atomic mass is 10.1. The monoisotopic (exact) mass is 237 g/mol. The summed E-state index contributed by atoms with van der Waals surface area (Å²) in [6, 6.07) is 4.82. The minimum Gasteiger partial charge on any atom is -0.494 e. The van der Waals surface area contributed by atoms with Gasteiger partial charge in [-0.1, -0.05) is 0 Å². The van der Waals surface area contributed by atoms with Crippen LogP contribution in [0, 0.1) is 0 Å². The van der Waals surface area contributed by atoms with Gasteiger partial charge in [-0.15, -0.1) is 0 Å². The van der Waals surface area contributed by atoms with Crippen molar-refractivity contribution < 1.29 is 19.4 Å². The number of rotatable bonds is 6. The molecule has 0 aliphatic rings. The predicted octanol–water partition coefficient (Wildman–Crippen LogP) is 1.71. The Balaban J connectivity index is 2.57. The number of carbonyl (C=O) groups is 2. The molecule has 5 heteroatoms. The number of carboxylic acids is 1. The van der Waals surface area contributed by atoms with Crippen LogP contribution in [0.2, 0.25) is 0 Å². The van der Waals surface area contributed by atoms with Gasteiger partial charge in [0.15, 0.2) is 5.78 Å². The first-order valence-corrected chi connectivity index (χ1v) is 5.25. The lowest BCUT2D eigenvalue weighted by molar-refractivity contribution is -0.137. The molecular weight excluding hydrogens is 222 g/mol. The molecule has 0 atom stereocenters. The van der Waals surface area contributed by atoms with Crippen molar-refractivity contribution in [3.63, 3.8) is 0 Å². The van der Waals surface area contributed by atoms with Gasteiger partial charge in [-0.2, -0.15) is 0 Å². The van der Waals surface area contributed by atoms with Crippen molar-refractivity contribution in [2.45, 2.75) is 19.8 Å². The van der Waals surface area contributed by atoms with Crippen molar-refractivity contribution in [3.05, 3.63) is 23.8 Å². The Kier molecular flexibility index (Phi) is 4.51. The minimum absolute atomic E-state index is 0.0640. The zero-order valence-electron chi connectivity index (χ0n) is 9.60. The standard InChI is InChI=1S/C12H15NO4/c1-8(14)10-7-9(4-5-11(10)13)17-6-2-3-12(15)16/h4-5,7H,2-3,6,13H2,1H3,(H,15,16). The zero-order chi connectivity index (χ0) is 12.8. The summed E-state index contributed by atoms with van der Waals surface area (Å²) in [6.45, 7) is 1.73. The van der Waals surface area contributed by atoms with Crippen molar-refractivity contribution in [1.29, 1.82) is 0 Å². The van der Waals surface area contributed by atoms with Crippen LogP contribution >= 0.6 is 0 Å². The molecule has 0 aliphatic carbocycles. The van der Waals surface area contributed by atoms with Gasteiger partial charge in [0.05, 0.1) is 6.61 Å². The highest BCUT2D eigenvalue weighted by atomic mass is 16.5. The molecule has 0 unspecified atom stereocenters. The number of benzene rings is 1. The maximum Gasteiger partial charge on any atom is 0.303 e. The van der Waals surface area contributed by atoms with Gasteiger partial charge in [-0.25, -0.2) is 0 Å². The maximum atomic E-state index is 11.2. The number of aliphatic carboxylic acids is 1. The molecule has 0 heterocycles. The zero-order valence-corrected chi connectivity index (χ0v) is 9.60. The molecular formula is C12H15NO4. The number of carboxylic acid groups (broad SMARTS) is 1. The van der Waals surface area contributed by atoms with E-state index >= 15 is 0 Å². The summed E-state index contributed by atoms with van der Waals surface area (Å²) in [5, 5.41) is 8.45. The molecule has 0 saturated heterocycles. The number of nitrogens with two attached hydrogens (primary N) is 1. The lowest BCUT2D eigenvalue weighted by Gasteiger charge is -2.08. The summed E-state index contributed by atoms with van der Waals surface area (Å²) in [5.41, 5.74) is 6.46. The molecule has 0 spiro atoms. The summed E-state index contributed by atoms with van der Waals surface area (Å²) in [5.74, 6) is -0.455. The van der Waals surface area contributed by atoms with Gasteiger partial charge in [0, 0.05) is 17.7 Å². The van der Waals surface area contributed by atoms with Gasteiger partial charge >= 0.3 is 5.97 Å². The molecule has 1 aromatic carbocycles. The van der Waals surface area contributed by atoms with E-state index < -0.39 is 5.97 Å². The predicted molar refractivity (Wildman–Crippen MR) is 63.2 cm³/mol. The van der Waals surface area contributed by atoms with Gasteiger partial charge in [-0.3, -0.25) is 9.59 Å². The Morgan fingerprint density at radius 1 is 1.41 bits per heavy atom. The maximum absolute atomic E-state index is 11.2. The van der Waals surface area contributed by atoms with Crippen LogP contribution < -0.4 is 10.5 Å². The molecule has 92 valence electrons. The van der Waals surface area contributed by atoms with Gasteiger partial charge in [0.1, 0.15) is 5.75 Å². The largest absolute Gasteiger partial charge is 0.494 e. The van der Waals surface area contributed by atoms with Crippen molar-refractivity contribution in [2.75, 3.05) is 12.3 Å². The molecule has 3 N–H and O–H groups in total. The SMILES string of the molecule is CC(=O)c1cc(OCCCC(=O)O)ccc1N. The summed E-state index contributed by atoms with van der Waals surface area (Å²) >= 11 is 0. The van der Waals surface area contributed by atoms with E-state index in [0.29, 0.717) is 30.0 Å². The number of ether oxygens (including phenoxy) is 1. The second-order valence-corrected chi connectivity index (χ2v) is 3.65. The van der Waals surface area contributed by atoms with E-state index in [2.05, 4.69) is 0 Å². The Morgan fingerprint density at radius 2 is 2.12 bits per heavy atom. The Morgan fingerprint density at radius 3 is 2.71 bits per heavy atom. The first kappa shape index (κ1) is 13.0. The molecule has 5 nitrogen and oxygen atoms in total. The third-order valence-electron chi connectivity index (χ3n) is 2.21. The molecule has 1 rings (SSSR count).